The molecule has 0 atom stereocenters. The van der Waals surface area contributed by atoms with E-state index in [1.165, 1.54) is 15.6 Å². The smallest absolute Gasteiger partial charge is 0.414 e. The fourth-order valence-corrected chi connectivity index (χ4v) is 5.99. The molecule has 2 heterocycles. The van der Waals surface area contributed by atoms with Gasteiger partial charge in [0.2, 0.25) is 10.0 Å². The molecular weight excluding hydrogens is 716 g/mol. The highest BCUT2D eigenvalue weighted by molar-refractivity contribution is 7.89. The molecule has 0 fully saturated rings. The first kappa shape index (κ1) is 36.4. The molecule has 5 rings (SSSR count). The number of benzene rings is 3. The number of ether oxygens (including phenoxy) is 3. The lowest BCUT2D eigenvalue weighted by Gasteiger charge is -2.22. The van der Waals surface area contributed by atoms with E-state index < -0.39 is 40.3 Å². The Hall–Kier alpha value is -4.86. The second-order valence-corrected chi connectivity index (χ2v) is 13.7. The summed E-state index contributed by atoms with van der Waals surface area (Å²) in [7, 11) is -3.80. The fourth-order valence-electron chi connectivity index (χ4n) is 5.07. The van der Waals surface area contributed by atoms with Crippen molar-refractivity contribution in [3.05, 3.63) is 93.5 Å². The number of fused-ring (bicyclic) bond motifs is 1. The zero-order valence-corrected chi connectivity index (χ0v) is 29.2. The SMILES string of the molecule is Cc1c(Cl)cccc1OCCOC(=O)N1CCCOc2c(-c3cnn(Cc4c(F)cc(C(=O)NCC(=O)NS(C)(=O)=O)cc4Cl)c3)cccc21. The Bertz CT molecular complexity index is 2020. The molecule has 4 aromatic rings. The number of para-hydroxylation sites is 1. The molecule has 3 amide bonds. The summed E-state index contributed by atoms with van der Waals surface area (Å²) in [6.45, 7) is 1.97. The van der Waals surface area contributed by atoms with Gasteiger partial charge >= 0.3 is 6.09 Å². The number of nitrogens with one attached hydrogen (secondary N) is 2. The van der Waals surface area contributed by atoms with Crippen molar-refractivity contribution in [1.82, 2.24) is 19.8 Å². The molecule has 0 saturated carbocycles. The van der Waals surface area contributed by atoms with Crippen molar-refractivity contribution in [3.8, 4) is 22.6 Å². The number of carbonyl (C=O) groups is 3. The van der Waals surface area contributed by atoms with Crippen LogP contribution in [0.25, 0.3) is 11.1 Å². The topological polar surface area (TPSA) is 158 Å². The lowest BCUT2D eigenvalue weighted by Crippen LogP contribution is -2.39. The van der Waals surface area contributed by atoms with Gasteiger partial charge in [-0.05, 0) is 43.7 Å². The average molecular weight is 749 g/mol. The summed E-state index contributed by atoms with van der Waals surface area (Å²) < 4.78 is 58.0. The molecule has 0 radical (unpaired) electrons. The predicted molar refractivity (Wildman–Crippen MR) is 184 cm³/mol. The Morgan fingerprint density at radius 2 is 1.86 bits per heavy atom. The maximum atomic E-state index is 15.2. The van der Waals surface area contributed by atoms with Gasteiger partial charge in [0.15, 0.2) is 5.75 Å². The maximum Gasteiger partial charge on any atom is 0.414 e. The van der Waals surface area contributed by atoms with Gasteiger partial charge in [-0.3, -0.25) is 23.9 Å². The van der Waals surface area contributed by atoms with Gasteiger partial charge in [-0.25, -0.2) is 17.6 Å². The normalized spacial score (nSPS) is 12.7. The van der Waals surface area contributed by atoms with Crippen molar-refractivity contribution >= 4 is 56.8 Å². The van der Waals surface area contributed by atoms with Crippen LogP contribution in [0, 0.1) is 12.7 Å². The van der Waals surface area contributed by atoms with Gasteiger partial charge in [0, 0.05) is 50.6 Å². The van der Waals surface area contributed by atoms with Crippen LogP contribution in [0.15, 0.2) is 60.9 Å². The number of nitrogens with zero attached hydrogens (tertiary/aromatic N) is 3. The molecule has 0 saturated heterocycles. The van der Waals surface area contributed by atoms with Crippen LogP contribution in [-0.2, 0) is 26.1 Å². The van der Waals surface area contributed by atoms with E-state index >= 15 is 4.39 Å². The largest absolute Gasteiger partial charge is 0.491 e. The van der Waals surface area contributed by atoms with Crippen molar-refractivity contribution in [2.75, 3.05) is 44.1 Å². The molecule has 2 N–H and O–H groups in total. The van der Waals surface area contributed by atoms with Crippen LogP contribution in [0.1, 0.15) is 27.9 Å². The number of aromatic nitrogens is 2. The van der Waals surface area contributed by atoms with E-state index in [1.807, 2.05) is 13.0 Å². The molecule has 0 unspecified atom stereocenters. The third kappa shape index (κ3) is 9.02. The van der Waals surface area contributed by atoms with Crippen molar-refractivity contribution in [2.24, 2.45) is 0 Å². The van der Waals surface area contributed by atoms with E-state index in [9.17, 15) is 22.8 Å². The monoisotopic (exact) mass is 747 g/mol. The number of hydrogen-bond donors (Lipinski definition) is 2. The standard InChI is InChI=1S/C33H32Cl2FN5O8S/c1-20-25(34)7-4-9-29(20)47-12-13-49-33(44)41-10-5-11-48-31-23(6-3-8-28(31)41)22-16-38-40(18-22)19-24-26(35)14-21(15-27(24)36)32(43)37-17-30(42)39-50(2,45)46/h3-4,6-9,14-16,18H,5,10-13,17,19H2,1-2H3,(H,37,43)(H,39,42). The maximum absolute atomic E-state index is 15.2. The summed E-state index contributed by atoms with van der Waals surface area (Å²) >= 11 is 12.5. The van der Waals surface area contributed by atoms with Crippen molar-refractivity contribution in [1.29, 1.82) is 0 Å². The van der Waals surface area contributed by atoms with Crippen LogP contribution in [-0.4, -0.2) is 75.3 Å². The third-order valence-electron chi connectivity index (χ3n) is 7.44. The molecule has 0 bridgehead atoms. The molecule has 0 aliphatic carbocycles. The molecule has 1 aliphatic rings. The number of rotatable bonds is 11. The third-order valence-corrected chi connectivity index (χ3v) is 8.78. The number of anilines is 1. The fraction of sp³-hybridized carbons (Fsp3) is 0.273. The van der Waals surface area contributed by atoms with Crippen molar-refractivity contribution < 1.29 is 41.4 Å². The Labute approximate surface area is 297 Å². The summed E-state index contributed by atoms with van der Waals surface area (Å²) in [5.41, 5.74) is 2.47. The number of amides is 3. The van der Waals surface area contributed by atoms with Gasteiger partial charge < -0.3 is 19.5 Å². The lowest BCUT2D eigenvalue weighted by molar-refractivity contribution is -0.118. The predicted octanol–water partition coefficient (Wildman–Crippen LogP) is 4.96. The van der Waals surface area contributed by atoms with Gasteiger partial charge in [-0.1, -0.05) is 41.4 Å². The molecular formula is C33H32Cl2FN5O8S. The quantitative estimate of drug-likeness (QED) is 0.202. The molecule has 3 aromatic carbocycles. The average Bonchev–Trinajstić information content (AvgIpc) is 3.41. The zero-order valence-electron chi connectivity index (χ0n) is 26.9. The Balaban J connectivity index is 1.25. The number of halogens is 3. The zero-order chi connectivity index (χ0) is 36.0. The van der Waals surface area contributed by atoms with Crippen LogP contribution in [0.5, 0.6) is 11.5 Å². The van der Waals surface area contributed by atoms with Gasteiger partial charge in [0.05, 0.1) is 37.8 Å². The van der Waals surface area contributed by atoms with Crippen molar-refractivity contribution in [2.45, 2.75) is 19.9 Å². The summed E-state index contributed by atoms with van der Waals surface area (Å²) in [6.07, 6.45) is 4.02. The Kier molecular flexibility index (Phi) is 11.5. The van der Waals surface area contributed by atoms with E-state index in [2.05, 4.69) is 10.4 Å². The van der Waals surface area contributed by atoms with Crippen LogP contribution in [0.2, 0.25) is 10.0 Å². The second kappa shape index (κ2) is 15.8. The first-order valence-electron chi connectivity index (χ1n) is 15.2. The molecule has 13 nitrogen and oxygen atoms in total. The first-order valence-corrected chi connectivity index (χ1v) is 17.8. The first-order chi connectivity index (χ1) is 23.8. The van der Waals surface area contributed by atoms with Crippen LogP contribution in [0.4, 0.5) is 14.9 Å². The van der Waals surface area contributed by atoms with Crippen LogP contribution < -0.4 is 24.4 Å². The number of hydrogen-bond acceptors (Lipinski definition) is 9. The van der Waals surface area contributed by atoms with Crippen LogP contribution >= 0.6 is 23.2 Å². The highest BCUT2D eigenvalue weighted by Crippen LogP contribution is 2.40. The van der Waals surface area contributed by atoms with E-state index in [1.54, 1.807) is 47.4 Å². The minimum atomic E-state index is -3.80. The van der Waals surface area contributed by atoms with Gasteiger partial charge in [-0.15, -0.1) is 0 Å². The van der Waals surface area contributed by atoms with E-state index in [0.29, 0.717) is 52.9 Å². The van der Waals surface area contributed by atoms with Crippen molar-refractivity contribution in [3.63, 3.8) is 0 Å². The molecule has 264 valence electrons. The van der Waals surface area contributed by atoms with Crippen LogP contribution in [0.3, 0.4) is 0 Å². The highest BCUT2D eigenvalue weighted by Gasteiger charge is 2.26. The number of sulfonamides is 1. The summed E-state index contributed by atoms with van der Waals surface area (Å²) in [4.78, 5) is 38.8. The highest BCUT2D eigenvalue weighted by atomic mass is 35.5. The van der Waals surface area contributed by atoms with Gasteiger partial charge in [-0.2, -0.15) is 5.10 Å². The molecule has 1 aliphatic heterocycles. The minimum absolute atomic E-state index is 0.0112. The Morgan fingerprint density at radius 3 is 2.62 bits per heavy atom. The Morgan fingerprint density at radius 1 is 1.08 bits per heavy atom. The summed E-state index contributed by atoms with van der Waals surface area (Å²) in [5.74, 6) is -1.52. The second-order valence-electron chi connectivity index (χ2n) is 11.2. The van der Waals surface area contributed by atoms with Gasteiger partial charge in [0.25, 0.3) is 11.8 Å². The number of carbonyl (C=O) groups excluding carboxylic acids is 3. The van der Waals surface area contributed by atoms with E-state index in [4.69, 9.17) is 37.4 Å². The molecule has 50 heavy (non-hydrogen) atoms. The summed E-state index contributed by atoms with van der Waals surface area (Å²) in [5, 5.41) is 7.09. The van der Waals surface area contributed by atoms with E-state index in [0.717, 1.165) is 17.9 Å². The molecule has 17 heteroatoms. The molecule has 0 spiro atoms. The minimum Gasteiger partial charge on any atom is -0.491 e. The van der Waals surface area contributed by atoms with Gasteiger partial charge in [0.1, 0.15) is 24.8 Å². The van der Waals surface area contributed by atoms with E-state index in [-0.39, 0.29) is 35.9 Å². The molecule has 1 aromatic heterocycles. The summed E-state index contributed by atoms with van der Waals surface area (Å²) in [6, 6.07) is 12.9. The lowest BCUT2D eigenvalue weighted by atomic mass is 10.1.